The molecular formula is C19H43N3O5. The van der Waals surface area contributed by atoms with Gasteiger partial charge in [0.1, 0.15) is 0 Å². The Kier molecular flexibility index (Phi) is 14.5. The molecule has 0 aromatic carbocycles. The van der Waals surface area contributed by atoms with Crippen molar-refractivity contribution in [1.82, 2.24) is 14.7 Å². The zero-order valence-electron chi connectivity index (χ0n) is 17.8. The number of aliphatic hydroxyl groups is 5. The zero-order chi connectivity index (χ0) is 21.0. The molecule has 0 aliphatic heterocycles. The topological polar surface area (TPSA) is 111 Å². The summed E-state index contributed by atoms with van der Waals surface area (Å²) in [6.07, 6.45) is -2.35. The van der Waals surface area contributed by atoms with E-state index in [1.165, 1.54) is 0 Å². The SMILES string of the molecule is C[C@H](O)CN(CCN(CCN(C[C@@H](C)O)C[C@@H](C)O)C[C@@H](C)O)C[C@@H](C)O. The minimum Gasteiger partial charge on any atom is -0.392 e. The van der Waals surface area contributed by atoms with Crippen molar-refractivity contribution in [3.05, 3.63) is 0 Å². The molecule has 0 fully saturated rings. The van der Waals surface area contributed by atoms with Crippen LogP contribution in [0.1, 0.15) is 34.6 Å². The molecule has 27 heavy (non-hydrogen) atoms. The highest BCUT2D eigenvalue weighted by atomic mass is 16.3. The van der Waals surface area contributed by atoms with Gasteiger partial charge in [0.2, 0.25) is 0 Å². The van der Waals surface area contributed by atoms with E-state index in [2.05, 4.69) is 4.90 Å². The third-order valence-corrected chi connectivity index (χ3v) is 4.08. The maximum absolute atomic E-state index is 9.81. The van der Waals surface area contributed by atoms with Crippen molar-refractivity contribution in [3.63, 3.8) is 0 Å². The van der Waals surface area contributed by atoms with E-state index in [1.807, 2.05) is 9.80 Å². The summed E-state index contributed by atoms with van der Waals surface area (Å²) in [5, 5.41) is 48.4. The van der Waals surface area contributed by atoms with Crippen molar-refractivity contribution >= 4 is 0 Å². The van der Waals surface area contributed by atoms with E-state index in [0.29, 0.717) is 58.9 Å². The lowest BCUT2D eigenvalue weighted by molar-refractivity contribution is 0.0555. The van der Waals surface area contributed by atoms with Crippen molar-refractivity contribution in [3.8, 4) is 0 Å². The summed E-state index contributed by atoms with van der Waals surface area (Å²) in [4.78, 5) is 6.18. The molecule has 8 nitrogen and oxygen atoms in total. The molecule has 0 aliphatic carbocycles. The molecule has 5 atom stereocenters. The van der Waals surface area contributed by atoms with Crippen molar-refractivity contribution in [2.75, 3.05) is 58.9 Å². The van der Waals surface area contributed by atoms with Crippen molar-refractivity contribution in [2.45, 2.75) is 65.1 Å². The van der Waals surface area contributed by atoms with Crippen LogP contribution in [0, 0.1) is 0 Å². The minimum absolute atomic E-state index is 0.464. The van der Waals surface area contributed by atoms with Gasteiger partial charge in [-0.15, -0.1) is 0 Å². The maximum Gasteiger partial charge on any atom is 0.0639 e. The molecule has 0 radical (unpaired) electrons. The van der Waals surface area contributed by atoms with E-state index in [-0.39, 0.29) is 0 Å². The quantitative estimate of drug-likeness (QED) is 0.222. The summed E-state index contributed by atoms with van der Waals surface area (Å²) >= 11 is 0. The lowest BCUT2D eigenvalue weighted by Crippen LogP contribution is -2.46. The fraction of sp³-hybridized carbons (Fsp3) is 1.00. The van der Waals surface area contributed by atoms with Crippen LogP contribution in [0.5, 0.6) is 0 Å². The van der Waals surface area contributed by atoms with Crippen LogP contribution < -0.4 is 0 Å². The maximum atomic E-state index is 9.81. The number of rotatable bonds is 16. The molecule has 0 saturated carbocycles. The van der Waals surface area contributed by atoms with Crippen LogP contribution in [0.2, 0.25) is 0 Å². The second-order valence-electron chi connectivity index (χ2n) is 8.06. The van der Waals surface area contributed by atoms with Gasteiger partial charge in [-0.25, -0.2) is 0 Å². The molecule has 0 amide bonds. The van der Waals surface area contributed by atoms with Gasteiger partial charge < -0.3 is 25.5 Å². The summed E-state index contributed by atoms with van der Waals surface area (Å²) in [7, 11) is 0. The average molecular weight is 394 g/mol. The van der Waals surface area contributed by atoms with Gasteiger partial charge in [-0.05, 0) is 34.6 Å². The smallest absolute Gasteiger partial charge is 0.0639 e. The lowest BCUT2D eigenvalue weighted by Gasteiger charge is -2.32. The average Bonchev–Trinajstić information content (AvgIpc) is 2.46. The van der Waals surface area contributed by atoms with E-state index in [0.717, 1.165) is 0 Å². The van der Waals surface area contributed by atoms with E-state index in [4.69, 9.17) is 0 Å². The molecule has 0 unspecified atom stereocenters. The fourth-order valence-corrected chi connectivity index (χ4v) is 3.24. The minimum atomic E-state index is -0.471. The van der Waals surface area contributed by atoms with Crippen LogP contribution >= 0.6 is 0 Å². The Morgan fingerprint density at radius 1 is 0.407 bits per heavy atom. The third-order valence-electron chi connectivity index (χ3n) is 4.08. The first-order valence-electron chi connectivity index (χ1n) is 10.1. The van der Waals surface area contributed by atoms with Gasteiger partial charge in [-0.3, -0.25) is 14.7 Å². The number of nitrogens with zero attached hydrogens (tertiary/aromatic N) is 3. The Labute approximate surface area is 165 Å². The summed E-state index contributed by atoms with van der Waals surface area (Å²) in [5.41, 5.74) is 0. The highest BCUT2D eigenvalue weighted by molar-refractivity contribution is 4.72. The Bertz CT molecular complexity index is 306. The highest BCUT2D eigenvalue weighted by Crippen LogP contribution is 2.02. The number of hydrogen-bond acceptors (Lipinski definition) is 8. The third kappa shape index (κ3) is 16.3. The summed E-state index contributed by atoms with van der Waals surface area (Å²) < 4.78 is 0. The van der Waals surface area contributed by atoms with Gasteiger partial charge in [0.25, 0.3) is 0 Å². The first-order chi connectivity index (χ1) is 12.5. The van der Waals surface area contributed by atoms with Gasteiger partial charge in [0.15, 0.2) is 0 Å². The zero-order valence-corrected chi connectivity index (χ0v) is 17.8. The predicted molar refractivity (Wildman–Crippen MR) is 108 cm³/mol. The molecule has 0 saturated heterocycles. The Balaban J connectivity index is 4.73. The van der Waals surface area contributed by atoms with Crippen molar-refractivity contribution in [1.29, 1.82) is 0 Å². The molecule has 0 heterocycles. The summed E-state index contributed by atoms with van der Waals surface area (Å²) in [5.74, 6) is 0. The number of hydrogen-bond donors (Lipinski definition) is 5. The highest BCUT2D eigenvalue weighted by Gasteiger charge is 2.17. The Hall–Kier alpha value is -0.320. The van der Waals surface area contributed by atoms with E-state index >= 15 is 0 Å². The van der Waals surface area contributed by atoms with Gasteiger partial charge in [0, 0.05) is 58.9 Å². The van der Waals surface area contributed by atoms with Gasteiger partial charge >= 0.3 is 0 Å². The van der Waals surface area contributed by atoms with E-state index in [9.17, 15) is 25.5 Å². The van der Waals surface area contributed by atoms with Crippen LogP contribution in [0.15, 0.2) is 0 Å². The summed E-state index contributed by atoms with van der Waals surface area (Å²) in [6, 6.07) is 0. The van der Waals surface area contributed by atoms with Crippen molar-refractivity contribution in [2.24, 2.45) is 0 Å². The normalized spacial score (nSPS) is 18.1. The van der Waals surface area contributed by atoms with Gasteiger partial charge in [0.05, 0.1) is 30.5 Å². The predicted octanol–water partition coefficient (Wildman–Crippen LogP) is -1.20. The first-order valence-corrected chi connectivity index (χ1v) is 10.1. The van der Waals surface area contributed by atoms with Gasteiger partial charge in [-0.2, -0.15) is 0 Å². The number of aliphatic hydroxyl groups excluding tert-OH is 5. The molecule has 0 rings (SSSR count). The lowest BCUT2D eigenvalue weighted by atomic mass is 10.2. The van der Waals surface area contributed by atoms with E-state index in [1.54, 1.807) is 34.6 Å². The molecule has 5 N–H and O–H groups in total. The molecule has 8 heteroatoms. The van der Waals surface area contributed by atoms with Crippen LogP contribution in [0.25, 0.3) is 0 Å². The molecular weight excluding hydrogens is 350 g/mol. The molecule has 0 aliphatic rings. The molecule has 164 valence electrons. The first kappa shape index (κ1) is 26.7. The largest absolute Gasteiger partial charge is 0.392 e. The van der Waals surface area contributed by atoms with Crippen LogP contribution in [0.4, 0.5) is 0 Å². The molecule has 0 aromatic rings. The Morgan fingerprint density at radius 2 is 0.593 bits per heavy atom. The van der Waals surface area contributed by atoms with Crippen LogP contribution in [-0.2, 0) is 0 Å². The molecule has 0 aromatic heterocycles. The van der Waals surface area contributed by atoms with Crippen LogP contribution in [-0.4, -0.2) is 130 Å². The van der Waals surface area contributed by atoms with E-state index < -0.39 is 30.5 Å². The second kappa shape index (κ2) is 14.6. The van der Waals surface area contributed by atoms with Crippen molar-refractivity contribution < 1.29 is 25.5 Å². The second-order valence-corrected chi connectivity index (χ2v) is 8.06. The fourth-order valence-electron chi connectivity index (χ4n) is 3.24. The molecule has 0 spiro atoms. The monoisotopic (exact) mass is 393 g/mol. The summed E-state index contributed by atoms with van der Waals surface area (Å²) in [6.45, 7) is 13.9. The standard InChI is InChI=1S/C19H43N3O5/c1-15(23)10-20(6-8-21(11-16(2)24)12-17(3)25)7-9-22(13-18(4)26)14-19(5)27/h15-19,23-27H,6-14H2,1-5H3/t15-,16-,17-,18-,19+/m1/s1. The molecule has 0 bridgehead atoms. The Morgan fingerprint density at radius 3 is 0.815 bits per heavy atom. The van der Waals surface area contributed by atoms with Gasteiger partial charge in [-0.1, -0.05) is 0 Å². The van der Waals surface area contributed by atoms with Crippen LogP contribution in [0.3, 0.4) is 0 Å².